The van der Waals surface area contributed by atoms with Crippen LogP contribution in [0.4, 0.5) is 0 Å². The van der Waals surface area contributed by atoms with E-state index in [-0.39, 0.29) is 11.0 Å². The van der Waals surface area contributed by atoms with E-state index < -0.39 is 0 Å². The molecule has 0 fully saturated rings. The third-order valence-electron chi connectivity index (χ3n) is 3.59. The van der Waals surface area contributed by atoms with Gasteiger partial charge in [0, 0.05) is 5.12 Å². The second kappa shape index (κ2) is 11.0. The van der Waals surface area contributed by atoms with Crippen molar-refractivity contribution in [3.63, 3.8) is 0 Å². The molecule has 0 rings (SSSR count). The zero-order chi connectivity index (χ0) is 13.1. The smallest absolute Gasteiger partial charge is 0.0148 e. The van der Waals surface area contributed by atoms with Crippen molar-refractivity contribution in [3.8, 4) is 0 Å². The molecule has 0 aromatic carbocycles. The Morgan fingerprint density at radius 1 is 0.941 bits per heavy atom. The van der Waals surface area contributed by atoms with Crippen LogP contribution < -0.4 is 0 Å². The highest BCUT2D eigenvalue weighted by atomic mass is 32.1. The Hall–Kier alpha value is -0.110. The fraction of sp³-hybridized carbons (Fsp3) is 0.933. The van der Waals surface area contributed by atoms with E-state index >= 15 is 0 Å². The lowest BCUT2D eigenvalue weighted by Crippen LogP contribution is -2.10. The van der Waals surface area contributed by atoms with Gasteiger partial charge in [0.25, 0.3) is 0 Å². The molecule has 0 N–H and O–H groups in total. The van der Waals surface area contributed by atoms with Gasteiger partial charge >= 0.3 is 0 Å². The maximum absolute atomic E-state index is 11.0. The molecule has 0 aromatic rings. The molecule has 0 aliphatic carbocycles. The maximum Gasteiger partial charge on any atom is 0.0148 e. The van der Waals surface area contributed by atoms with Gasteiger partial charge in [-0.1, -0.05) is 65.7 Å². The highest BCUT2D eigenvalue weighted by molar-refractivity contribution is 7.77. The normalized spacial score (nSPS) is 14.5. The van der Waals surface area contributed by atoms with E-state index in [9.17, 15) is 4.79 Å². The van der Waals surface area contributed by atoms with Crippen LogP contribution in [0.2, 0.25) is 0 Å². The average Bonchev–Trinajstić information content (AvgIpc) is 2.31. The Morgan fingerprint density at radius 2 is 1.53 bits per heavy atom. The Bertz CT molecular complexity index is 191. The summed E-state index contributed by atoms with van der Waals surface area (Å²) in [7, 11) is 0. The van der Waals surface area contributed by atoms with Crippen LogP contribution in [0, 0.1) is 11.8 Å². The quantitative estimate of drug-likeness (QED) is 0.388. The van der Waals surface area contributed by atoms with E-state index in [0.717, 1.165) is 12.3 Å². The maximum atomic E-state index is 11.0. The first kappa shape index (κ1) is 16.9. The largest absolute Gasteiger partial charge is 0.742 e. The predicted molar refractivity (Wildman–Crippen MR) is 77.9 cm³/mol. The molecule has 0 aliphatic rings. The Morgan fingerprint density at radius 3 is 2.06 bits per heavy atom. The highest BCUT2D eigenvalue weighted by Crippen LogP contribution is 2.24. The second-order valence-electron chi connectivity index (χ2n) is 5.30. The molecule has 102 valence electrons. The molecule has 0 aliphatic heterocycles. The number of hydrogen-bond acceptors (Lipinski definition) is 2. The summed E-state index contributed by atoms with van der Waals surface area (Å²) in [5, 5.41) is -0.0622. The molecule has 2 heteroatoms. The molecule has 0 radical (unpaired) electrons. The minimum atomic E-state index is -0.0622. The van der Waals surface area contributed by atoms with Crippen molar-refractivity contribution in [2.75, 3.05) is 0 Å². The zero-order valence-electron chi connectivity index (χ0n) is 11.8. The minimum Gasteiger partial charge on any atom is -0.742 e. The van der Waals surface area contributed by atoms with Crippen molar-refractivity contribution in [1.82, 2.24) is 0 Å². The summed E-state index contributed by atoms with van der Waals surface area (Å²) in [6.07, 6.45) is 11.4. The van der Waals surface area contributed by atoms with Gasteiger partial charge < -0.3 is 17.4 Å². The lowest BCUT2D eigenvalue weighted by atomic mass is 9.89. The van der Waals surface area contributed by atoms with Gasteiger partial charge in [-0.15, -0.1) is 0 Å². The summed E-state index contributed by atoms with van der Waals surface area (Å²) < 4.78 is 0. The van der Waals surface area contributed by atoms with Crippen LogP contribution in [-0.4, -0.2) is 5.12 Å². The first-order valence-electron chi connectivity index (χ1n) is 7.32. The highest BCUT2D eigenvalue weighted by Gasteiger charge is 2.10. The van der Waals surface area contributed by atoms with Gasteiger partial charge in [0.05, 0.1) is 0 Å². The zero-order valence-corrected chi connectivity index (χ0v) is 12.7. The third kappa shape index (κ3) is 9.58. The molecule has 2 unspecified atom stereocenters. The van der Waals surface area contributed by atoms with Crippen molar-refractivity contribution >= 4 is 17.7 Å². The van der Waals surface area contributed by atoms with Gasteiger partial charge in [0.2, 0.25) is 0 Å². The molecule has 17 heavy (non-hydrogen) atoms. The van der Waals surface area contributed by atoms with E-state index in [1.807, 2.05) is 6.92 Å². The van der Waals surface area contributed by atoms with Crippen LogP contribution in [0.5, 0.6) is 0 Å². The number of rotatable bonds is 11. The molecule has 1 nitrogen and oxygen atoms in total. The van der Waals surface area contributed by atoms with E-state index in [2.05, 4.69) is 13.8 Å². The Balaban J connectivity index is 3.86. The number of unbranched alkanes of at least 4 members (excludes halogenated alkanes) is 3. The summed E-state index contributed by atoms with van der Waals surface area (Å²) in [4.78, 5) is 11.0. The van der Waals surface area contributed by atoms with Crippen molar-refractivity contribution in [2.45, 2.75) is 78.6 Å². The van der Waals surface area contributed by atoms with Crippen LogP contribution in [0.1, 0.15) is 78.6 Å². The van der Waals surface area contributed by atoms with Gasteiger partial charge in [0.1, 0.15) is 0 Å². The van der Waals surface area contributed by atoms with Gasteiger partial charge in [-0.3, -0.25) is 0 Å². The molecule has 0 heterocycles. The standard InChI is InChI=1S/C15H30OS/c1-4-6-8-10-14(9-7-5-2)12-11-13(3)15(16)17/h13-14H,4-12H2,1-3H3,(H,16,17)/p-1. The van der Waals surface area contributed by atoms with Crippen molar-refractivity contribution in [1.29, 1.82) is 0 Å². The van der Waals surface area contributed by atoms with E-state index in [1.54, 1.807) is 0 Å². The van der Waals surface area contributed by atoms with Gasteiger partial charge in [-0.25, -0.2) is 0 Å². The molecule has 2 atom stereocenters. The molecule has 0 bridgehead atoms. The summed E-state index contributed by atoms with van der Waals surface area (Å²) in [5.41, 5.74) is 0. The van der Waals surface area contributed by atoms with Crippen LogP contribution in [0.15, 0.2) is 0 Å². The van der Waals surface area contributed by atoms with Crippen LogP contribution in [0.25, 0.3) is 0 Å². The summed E-state index contributed by atoms with van der Waals surface area (Å²) in [6, 6.07) is 0. The summed E-state index contributed by atoms with van der Waals surface area (Å²) in [6.45, 7) is 6.47. The lowest BCUT2D eigenvalue weighted by Gasteiger charge is -2.20. The van der Waals surface area contributed by atoms with Gasteiger partial charge in [0.15, 0.2) is 0 Å². The SMILES string of the molecule is CCCCCC(CCCC)CCC(C)C(=O)[S-]. The second-order valence-corrected chi connectivity index (χ2v) is 5.70. The predicted octanol–water partition coefficient (Wildman–Crippen LogP) is 4.86. The monoisotopic (exact) mass is 257 g/mol. The van der Waals surface area contributed by atoms with Crippen LogP contribution >= 0.6 is 0 Å². The summed E-state index contributed by atoms with van der Waals surface area (Å²) >= 11 is 4.71. The van der Waals surface area contributed by atoms with Crippen LogP contribution in [-0.2, 0) is 17.4 Å². The average molecular weight is 257 g/mol. The fourth-order valence-electron chi connectivity index (χ4n) is 2.21. The molecular formula is C15H29OS-. The molecule has 0 amide bonds. The summed E-state index contributed by atoms with van der Waals surface area (Å²) in [5.74, 6) is 0.901. The molecular weight excluding hydrogens is 228 g/mol. The topological polar surface area (TPSA) is 17.1 Å². The Kier molecular flexibility index (Phi) is 10.9. The molecule has 0 aromatic heterocycles. The lowest BCUT2D eigenvalue weighted by molar-refractivity contribution is -0.114. The van der Waals surface area contributed by atoms with Gasteiger partial charge in [-0.2, -0.15) is 0 Å². The van der Waals surface area contributed by atoms with Crippen molar-refractivity contribution in [3.05, 3.63) is 0 Å². The minimum absolute atomic E-state index is 0.0622. The van der Waals surface area contributed by atoms with Crippen molar-refractivity contribution in [2.24, 2.45) is 11.8 Å². The molecule has 0 saturated carbocycles. The number of carbonyl (C=O) groups excluding carboxylic acids is 1. The van der Waals surface area contributed by atoms with E-state index in [4.69, 9.17) is 12.6 Å². The molecule has 0 spiro atoms. The molecule has 0 saturated heterocycles. The van der Waals surface area contributed by atoms with Gasteiger partial charge in [-0.05, 0) is 24.7 Å². The van der Waals surface area contributed by atoms with E-state index in [0.29, 0.717) is 0 Å². The number of hydrogen-bond donors (Lipinski definition) is 0. The van der Waals surface area contributed by atoms with Crippen molar-refractivity contribution < 1.29 is 4.79 Å². The first-order chi connectivity index (χ1) is 8.11. The van der Waals surface area contributed by atoms with Crippen LogP contribution in [0.3, 0.4) is 0 Å². The third-order valence-corrected chi connectivity index (χ3v) is 3.99. The van der Waals surface area contributed by atoms with E-state index in [1.165, 1.54) is 51.4 Å². The Labute approximate surface area is 113 Å². The number of carbonyl (C=O) groups is 1. The first-order valence-corrected chi connectivity index (χ1v) is 7.73. The fourth-order valence-corrected chi connectivity index (χ4v) is 2.33.